The second-order valence-corrected chi connectivity index (χ2v) is 4.84. The SMILES string of the molecule is CC.CCC1(C(C)(C)C)CNC(=O)C1. The number of carbonyl (C=O) groups excluding carboxylic acids is 1. The maximum absolute atomic E-state index is 11.2. The van der Waals surface area contributed by atoms with Crippen LogP contribution in [0.2, 0.25) is 0 Å². The van der Waals surface area contributed by atoms with E-state index < -0.39 is 0 Å². The Bertz CT molecular complexity index is 193. The van der Waals surface area contributed by atoms with Crippen LogP contribution in [-0.2, 0) is 4.79 Å². The van der Waals surface area contributed by atoms with E-state index in [0.717, 1.165) is 13.0 Å². The van der Waals surface area contributed by atoms with Crippen LogP contribution in [0.4, 0.5) is 0 Å². The molecule has 84 valence electrons. The summed E-state index contributed by atoms with van der Waals surface area (Å²) in [6.07, 6.45) is 1.78. The molecule has 0 aliphatic carbocycles. The average molecular weight is 199 g/mol. The summed E-state index contributed by atoms with van der Waals surface area (Å²) in [5.41, 5.74) is 0.408. The van der Waals surface area contributed by atoms with E-state index in [1.54, 1.807) is 0 Å². The van der Waals surface area contributed by atoms with Gasteiger partial charge in [-0.1, -0.05) is 41.5 Å². The lowest BCUT2D eigenvalue weighted by Crippen LogP contribution is -2.37. The van der Waals surface area contributed by atoms with Crippen molar-refractivity contribution in [3.05, 3.63) is 0 Å². The molecule has 1 fully saturated rings. The molecular weight excluding hydrogens is 174 g/mol. The van der Waals surface area contributed by atoms with Crippen molar-refractivity contribution >= 4 is 5.91 Å². The molecule has 0 aromatic heterocycles. The quantitative estimate of drug-likeness (QED) is 0.691. The molecule has 1 amide bonds. The van der Waals surface area contributed by atoms with Crippen LogP contribution in [0.25, 0.3) is 0 Å². The highest BCUT2D eigenvalue weighted by Gasteiger charge is 2.45. The lowest BCUT2D eigenvalue weighted by molar-refractivity contribution is -0.120. The highest BCUT2D eigenvalue weighted by atomic mass is 16.1. The van der Waals surface area contributed by atoms with Crippen LogP contribution in [0.5, 0.6) is 0 Å². The van der Waals surface area contributed by atoms with Crippen LogP contribution in [0.3, 0.4) is 0 Å². The molecule has 14 heavy (non-hydrogen) atoms. The molecule has 2 heteroatoms. The van der Waals surface area contributed by atoms with Gasteiger partial charge in [-0.3, -0.25) is 4.79 Å². The first-order valence-corrected chi connectivity index (χ1v) is 5.68. The molecular formula is C12H25NO. The molecule has 1 atom stereocenters. The van der Waals surface area contributed by atoms with Crippen molar-refractivity contribution < 1.29 is 4.79 Å². The van der Waals surface area contributed by atoms with Gasteiger partial charge in [-0.2, -0.15) is 0 Å². The van der Waals surface area contributed by atoms with Gasteiger partial charge in [0.05, 0.1) is 0 Å². The first kappa shape index (κ1) is 13.5. The Morgan fingerprint density at radius 2 is 1.86 bits per heavy atom. The van der Waals surface area contributed by atoms with Crippen molar-refractivity contribution in [1.29, 1.82) is 0 Å². The molecule has 0 aromatic rings. The van der Waals surface area contributed by atoms with Crippen LogP contribution in [-0.4, -0.2) is 12.5 Å². The number of hydrogen-bond acceptors (Lipinski definition) is 1. The van der Waals surface area contributed by atoms with Crippen LogP contribution in [0.1, 0.15) is 54.4 Å². The van der Waals surface area contributed by atoms with Gasteiger partial charge < -0.3 is 5.32 Å². The standard InChI is InChI=1S/C10H19NO.C2H6/c1-5-10(9(2,3)4)6-8(12)11-7-10;1-2/h5-7H2,1-4H3,(H,11,12);1-2H3. The summed E-state index contributed by atoms with van der Waals surface area (Å²) in [6.45, 7) is 13.7. The third-order valence-electron chi connectivity index (χ3n) is 3.39. The van der Waals surface area contributed by atoms with Gasteiger partial charge in [0.15, 0.2) is 0 Å². The molecule has 1 unspecified atom stereocenters. The number of hydrogen-bond donors (Lipinski definition) is 1. The zero-order valence-corrected chi connectivity index (χ0v) is 10.5. The molecule has 0 spiro atoms. The first-order chi connectivity index (χ1) is 6.41. The summed E-state index contributed by atoms with van der Waals surface area (Å²) >= 11 is 0. The third kappa shape index (κ3) is 2.49. The van der Waals surface area contributed by atoms with Gasteiger partial charge in [0.2, 0.25) is 5.91 Å². The Hall–Kier alpha value is -0.530. The Balaban J connectivity index is 0.000000791. The van der Waals surface area contributed by atoms with Crippen LogP contribution in [0.15, 0.2) is 0 Å². The highest BCUT2D eigenvalue weighted by Crippen LogP contribution is 2.46. The Kier molecular flexibility index (Phi) is 4.63. The minimum atomic E-state index is 0.185. The fourth-order valence-corrected chi connectivity index (χ4v) is 2.01. The summed E-state index contributed by atoms with van der Waals surface area (Å²) in [4.78, 5) is 11.2. The molecule has 0 aromatic carbocycles. The van der Waals surface area contributed by atoms with E-state index in [1.165, 1.54) is 0 Å². The fraction of sp³-hybridized carbons (Fsp3) is 0.917. The van der Waals surface area contributed by atoms with Gasteiger partial charge in [0, 0.05) is 18.4 Å². The fourth-order valence-electron chi connectivity index (χ4n) is 2.01. The molecule has 0 bridgehead atoms. The van der Waals surface area contributed by atoms with E-state index >= 15 is 0 Å². The zero-order chi connectivity index (χ0) is 11.4. The lowest BCUT2D eigenvalue weighted by atomic mass is 9.64. The largest absolute Gasteiger partial charge is 0.355 e. The normalized spacial score (nSPS) is 26.6. The zero-order valence-electron chi connectivity index (χ0n) is 10.5. The average Bonchev–Trinajstić information content (AvgIpc) is 2.51. The van der Waals surface area contributed by atoms with Crippen molar-refractivity contribution in [3.63, 3.8) is 0 Å². The summed E-state index contributed by atoms with van der Waals surface area (Å²) in [5.74, 6) is 0.215. The van der Waals surface area contributed by atoms with Crippen LogP contribution >= 0.6 is 0 Å². The molecule has 1 rings (SSSR count). The maximum atomic E-state index is 11.2. The second kappa shape index (κ2) is 4.81. The van der Waals surface area contributed by atoms with Gasteiger partial charge in [-0.05, 0) is 11.8 Å². The van der Waals surface area contributed by atoms with Crippen LogP contribution < -0.4 is 5.32 Å². The smallest absolute Gasteiger partial charge is 0.220 e. The van der Waals surface area contributed by atoms with E-state index in [0.29, 0.717) is 6.42 Å². The molecule has 0 radical (unpaired) electrons. The summed E-state index contributed by atoms with van der Waals surface area (Å²) in [7, 11) is 0. The van der Waals surface area contributed by atoms with E-state index in [1.807, 2.05) is 13.8 Å². The monoisotopic (exact) mass is 199 g/mol. The van der Waals surface area contributed by atoms with Crippen LogP contribution in [0, 0.1) is 10.8 Å². The predicted octanol–water partition coefficient (Wildman–Crippen LogP) is 2.98. The van der Waals surface area contributed by atoms with Crippen molar-refractivity contribution in [2.45, 2.75) is 54.4 Å². The van der Waals surface area contributed by atoms with Crippen molar-refractivity contribution in [1.82, 2.24) is 5.32 Å². The predicted molar refractivity (Wildman–Crippen MR) is 61.2 cm³/mol. The highest BCUT2D eigenvalue weighted by molar-refractivity contribution is 5.79. The van der Waals surface area contributed by atoms with E-state index in [-0.39, 0.29) is 16.7 Å². The number of rotatable bonds is 1. The third-order valence-corrected chi connectivity index (χ3v) is 3.39. The summed E-state index contributed by atoms with van der Waals surface area (Å²) < 4.78 is 0. The number of nitrogens with one attached hydrogen (secondary N) is 1. The topological polar surface area (TPSA) is 29.1 Å². The minimum Gasteiger partial charge on any atom is -0.355 e. The molecule has 0 saturated carbocycles. The van der Waals surface area contributed by atoms with Gasteiger partial charge >= 0.3 is 0 Å². The molecule has 1 aliphatic heterocycles. The van der Waals surface area contributed by atoms with Gasteiger partial charge in [0.1, 0.15) is 0 Å². The van der Waals surface area contributed by atoms with E-state index in [2.05, 4.69) is 33.0 Å². The van der Waals surface area contributed by atoms with E-state index in [9.17, 15) is 4.79 Å². The Labute approximate surface area is 88.5 Å². The van der Waals surface area contributed by atoms with Crippen molar-refractivity contribution in [3.8, 4) is 0 Å². The Morgan fingerprint density at radius 3 is 2.00 bits per heavy atom. The second-order valence-electron chi connectivity index (χ2n) is 4.84. The summed E-state index contributed by atoms with van der Waals surface area (Å²) in [5, 5.41) is 2.93. The van der Waals surface area contributed by atoms with Gasteiger partial charge in [0.25, 0.3) is 0 Å². The maximum Gasteiger partial charge on any atom is 0.220 e. The number of amides is 1. The first-order valence-electron chi connectivity index (χ1n) is 5.68. The molecule has 1 aliphatic rings. The molecule has 1 saturated heterocycles. The van der Waals surface area contributed by atoms with Crippen molar-refractivity contribution in [2.75, 3.05) is 6.54 Å². The summed E-state index contributed by atoms with van der Waals surface area (Å²) in [6, 6.07) is 0. The van der Waals surface area contributed by atoms with Gasteiger partial charge in [-0.25, -0.2) is 0 Å². The van der Waals surface area contributed by atoms with E-state index in [4.69, 9.17) is 0 Å². The number of carbonyl (C=O) groups is 1. The molecule has 1 heterocycles. The lowest BCUT2D eigenvalue weighted by Gasteiger charge is -2.39. The van der Waals surface area contributed by atoms with Crippen molar-refractivity contribution in [2.24, 2.45) is 10.8 Å². The minimum absolute atomic E-state index is 0.185. The Morgan fingerprint density at radius 1 is 1.36 bits per heavy atom. The molecule has 1 N–H and O–H groups in total. The molecule has 2 nitrogen and oxygen atoms in total. The van der Waals surface area contributed by atoms with Gasteiger partial charge in [-0.15, -0.1) is 0 Å².